The molecule has 0 aromatic heterocycles. The summed E-state index contributed by atoms with van der Waals surface area (Å²) >= 11 is 0. The molecule has 0 bridgehead atoms. The number of carbonyl (C=O) groups is 3. The number of ether oxygens (including phenoxy) is 9. The molecule has 13 nitrogen and oxygen atoms in total. The zero-order valence-electron chi connectivity index (χ0n) is 28.7. The van der Waals surface area contributed by atoms with Crippen molar-refractivity contribution in [1.82, 2.24) is 0 Å². The molecule has 3 aromatic rings. The van der Waals surface area contributed by atoms with Crippen molar-refractivity contribution in [3.05, 3.63) is 108 Å². The zero-order chi connectivity index (χ0) is 36.2. The van der Waals surface area contributed by atoms with Crippen LogP contribution in [0.15, 0.2) is 91.0 Å². The lowest BCUT2D eigenvalue weighted by Gasteiger charge is -2.47. The summed E-state index contributed by atoms with van der Waals surface area (Å²) in [6.07, 6.45) is -10.7. The van der Waals surface area contributed by atoms with E-state index in [0.29, 0.717) is 0 Å². The summed E-state index contributed by atoms with van der Waals surface area (Å²) in [4.78, 5) is 36.5. The molecule has 0 spiro atoms. The van der Waals surface area contributed by atoms with Crippen molar-refractivity contribution in [3.63, 3.8) is 0 Å². The lowest BCUT2D eigenvalue weighted by molar-refractivity contribution is -0.355. The topological polar surface area (TPSA) is 155 Å². The first kappa shape index (κ1) is 38.0. The quantitative estimate of drug-likeness (QED) is 0.181. The monoisotopic (exact) mass is 708 g/mol. The first-order chi connectivity index (χ1) is 24.7. The second-order valence-corrected chi connectivity index (χ2v) is 12.2. The van der Waals surface area contributed by atoms with Crippen LogP contribution in [0, 0.1) is 0 Å². The van der Waals surface area contributed by atoms with E-state index in [9.17, 15) is 19.5 Å². The molecule has 3 aromatic carbocycles. The highest BCUT2D eigenvalue weighted by Gasteiger charge is 2.53. The SMILES string of the molecule is CC(=O)OC1[C@H](O[C@@H]2C(COCc3ccccc3)O[C@H](O)C(OCc3ccccc3)[C@H]2OCc2ccccc2)OC[C@@H](OC(C)=O)[C@@H]1OC(C)=O. The molecular weight excluding hydrogens is 664 g/mol. The second-order valence-electron chi connectivity index (χ2n) is 12.2. The number of hydrogen-bond acceptors (Lipinski definition) is 13. The van der Waals surface area contributed by atoms with Gasteiger partial charge in [0.25, 0.3) is 0 Å². The Morgan fingerprint density at radius 3 is 1.65 bits per heavy atom. The molecule has 2 aliphatic rings. The highest BCUT2D eigenvalue weighted by atomic mass is 16.7. The van der Waals surface area contributed by atoms with Crippen molar-refractivity contribution in [2.75, 3.05) is 13.2 Å². The summed E-state index contributed by atoms with van der Waals surface area (Å²) in [7, 11) is 0. The average Bonchev–Trinajstić information content (AvgIpc) is 3.11. The van der Waals surface area contributed by atoms with Gasteiger partial charge in [0.15, 0.2) is 30.9 Å². The van der Waals surface area contributed by atoms with Gasteiger partial charge in [-0.25, -0.2) is 0 Å². The molecule has 13 heteroatoms. The van der Waals surface area contributed by atoms with Gasteiger partial charge in [-0.05, 0) is 16.7 Å². The van der Waals surface area contributed by atoms with Gasteiger partial charge in [0.2, 0.25) is 0 Å². The third kappa shape index (κ3) is 11.1. The molecule has 0 aliphatic carbocycles. The minimum Gasteiger partial charge on any atom is -0.456 e. The molecule has 2 fully saturated rings. The minimum absolute atomic E-state index is 0.0539. The minimum atomic E-state index is -1.46. The Morgan fingerprint density at radius 1 is 0.627 bits per heavy atom. The molecule has 0 amide bonds. The molecule has 274 valence electrons. The number of rotatable bonds is 15. The van der Waals surface area contributed by atoms with E-state index in [4.69, 9.17) is 42.6 Å². The molecule has 5 rings (SSSR count). The first-order valence-corrected chi connectivity index (χ1v) is 16.7. The van der Waals surface area contributed by atoms with Crippen LogP contribution < -0.4 is 0 Å². The van der Waals surface area contributed by atoms with E-state index in [1.807, 2.05) is 91.0 Å². The van der Waals surface area contributed by atoms with Crippen LogP contribution in [0.1, 0.15) is 37.5 Å². The second kappa shape index (κ2) is 18.9. The molecule has 2 saturated heterocycles. The molecule has 3 unspecified atom stereocenters. The van der Waals surface area contributed by atoms with Crippen molar-refractivity contribution in [2.45, 2.75) is 95.9 Å². The smallest absolute Gasteiger partial charge is 0.303 e. The summed E-state index contributed by atoms with van der Waals surface area (Å²) in [5, 5.41) is 11.4. The Bertz CT molecular complexity index is 1520. The summed E-state index contributed by atoms with van der Waals surface area (Å²) in [5.74, 6) is -2.08. The number of aliphatic hydroxyl groups excluding tert-OH is 1. The Balaban J connectivity index is 1.47. The molecule has 1 N–H and O–H groups in total. The maximum atomic E-state index is 12.4. The molecule has 51 heavy (non-hydrogen) atoms. The Kier molecular flexibility index (Phi) is 14.1. The predicted octanol–water partition coefficient (Wildman–Crippen LogP) is 3.63. The normalized spacial score (nSPS) is 27.6. The maximum Gasteiger partial charge on any atom is 0.303 e. The standard InChI is InChI=1S/C38H44O13/c1-24(39)47-31-23-46-38(36(49-26(3)41)33(31)48-25(2)40)51-32-30(22-43-19-27-13-7-4-8-14-27)50-37(42)35(45-21-29-17-11-6-12-18-29)34(32)44-20-28-15-9-5-10-16-28/h4-18,30-38,42H,19-23H2,1-3H3/t30?,31-,32-,33+,34+,35?,36?,37+,38+/m1/s1. The Labute approximate surface area is 296 Å². The fourth-order valence-electron chi connectivity index (χ4n) is 5.94. The van der Waals surface area contributed by atoms with Gasteiger partial charge in [-0.1, -0.05) is 91.0 Å². The van der Waals surface area contributed by atoms with Gasteiger partial charge in [-0.3, -0.25) is 14.4 Å². The maximum absolute atomic E-state index is 12.4. The van der Waals surface area contributed by atoms with Crippen LogP contribution in [0.4, 0.5) is 0 Å². The van der Waals surface area contributed by atoms with Gasteiger partial charge in [0.05, 0.1) is 33.0 Å². The summed E-state index contributed by atoms with van der Waals surface area (Å²) in [6, 6.07) is 28.4. The van der Waals surface area contributed by atoms with Gasteiger partial charge in [-0.2, -0.15) is 0 Å². The van der Waals surface area contributed by atoms with Crippen LogP contribution >= 0.6 is 0 Å². The van der Waals surface area contributed by atoms with E-state index in [1.54, 1.807) is 0 Å². The predicted molar refractivity (Wildman–Crippen MR) is 178 cm³/mol. The molecule has 0 saturated carbocycles. The average molecular weight is 709 g/mol. The molecule has 9 atom stereocenters. The van der Waals surface area contributed by atoms with E-state index in [1.165, 1.54) is 20.8 Å². The largest absolute Gasteiger partial charge is 0.456 e. The van der Waals surface area contributed by atoms with Gasteiger partial charge in [0.1, 0.15) is 24.4 Å². The van der Waals surface area contributed by atoms with Gasteiger partial charge in [-0.15, -0.1) is 0 Å². The van der Waals surface area contributed by atoms with E-state index in [-0.39, 0.29) is 33.0 Å². The summed E-state index contributed by atoms with van der Waals surface area (Å²) in [5.41, 5.74) is 2.61. The van der Waals surface area contributed by atoms with Crippen LogP contribution in [0.25, 0.3) is 0 Å². The number of aliphatic hydroxyl groups is 1. The van der Waals surface area contributed by atoms with Crippen LogP contribution in [0.5, 0.6) is 0 Å². The summed E-state index contributed by atoms with van der Waals surface area (Å²) < 4.78 is 54.1. The van der Waals surface area contributed by atoms with Gasteiger partial charge < -0.3 is 47.7 Å². The van der Waals surface area contributed by atoms with E-state index in [0.717, 1.165) is 16.7 Å². The molecule has 0 radical (unpaired) electrons. The fourth-order valence-corrected chi connectivity index (χ4v) is 5.94. The van der Waals surface area contributed by atoms with Crippen molar-refractivity contribution in [3.8, 4) is 0 Å². The Morgan fingerprint density at radius 2 is 1.12 bits per heavy atom. The van der Waals surface area contributed by atoms with E-state index in [2.05, 4.69) is 0 Å². The van der Waals surface area contributed by atoms with E-state index >= 15 is 0 Å². The van der Waals surface area contributed by atoms with Gasteiger partial charge in [0, 0.05) is 20.8 Å². The van der Waals surface area contributed by atoms with Crippen molar-refractivity contribution >= 4 is 17.9 Å². The molecule has 2 aliphatic heterocycles. The highest BCUT2D eigenvalue weighted by molar-refractivity contribution is 5.68. The number of hydrogen-bond donors (Lipinski definition) is 1. The molecule has 2 heterocycles. The van der Waals surface area contributed by atoms with Crippen molar-refractivity contribution < 1.29 is 62.1 Å². The van der Waals surface area contributed by atoms with Crippen LogP contribution in [0.2, 0.25) is 0 Å². The lowest BCUT2D eigenvalue weighted by atomic mass is 9.97. The van der Waals surface area contributed by atoms with Crippen molar-refractivity contribution in [2.24, 2.45) is 0 Å². The number of carbonyl (C=O) groups excluding carboxylic acids is 3. The lowest BCUT2D eigenvalue weighted by Crippen LogP contribution is -2.65. The third-order valence-electron chi connectivity index (χ3n) is 8.17. The summed E-state index contributed by atoms with van der Waals surface area (Å²) in [6.45, 7) is 3.72. The van der Waals surface area contributed by atoms with Crippen molar-refractivity contribution in [1.29, 1.82) is 0 Å². The Hall–Kier alpha value is -4.21. The van der Waals surface area contributed by atoms with Crippen LogP contribution in [-0.2, 0) is 76.8 Å². The highest BCUT2D eigenvalue weighted by Crippen LogP contribution is 2.33. The van der Waals surface area contributed by atoms with E-state index < -0.39 is 73.2 Å². The fraction of sp³-hybridized carbons (Fsp3) is 0.447. The van der Waals surface area contributed by atoms with Crippen LogP contribution in [0.3, 0.4) is 0 Å². The number of benzene rings is 3. The van der Waals surface area contributed by atoms with Gasteiger partial charge >= 0.3 is 17.9 Å². The number of esters is 3. The molecular formula is C38H44O13. The zero-order valence-corrected chi connectivity index (χ0v) is 28.7. The van der Waals surface area contributed by atoms with Crippen LogP contribution in [-0.4, -0.2) is 91.5 Å². The first-order valence-electron chi connectivity index (χ1n) is 16.7. The third-order valence-corrected chi connectivity index (χ3v) is 8.17.